The molecule has 23 valence electrons. The van der Waals surface area contributed by atoms with Crippen LogP contribution in [0.25, 0.3) is 0 Å². The largest absolute Gasteiger partial charge is 0.197 e. The topological polar surface area (TPSA) is 0 Å². The zero-order chi connectivity index (χ0) is 0. The second kappa shape index (κ2) is 17.4. The van der Waals surface area contributed by atoms with E-state index in [2.05, 4.69) is 0 Å². The maximum absolute atomic E-state index is 0. The molecule has 4 heteroatoms. The maximum Gasteiger partial charge on any atom is 0 e. The van der Waals surface area contributed by atoms with Crippen molar-refractivity contribution in [1.82, 2.24) is 0 Å². The SMILES string of the molecule is S.[Ag].[Cd].[Zn]. The molecule has 0 saturated carbocycles. The summed E-state index contributed by atoms with van der Waals surface area (Å²) in [5, 5.41) is 0. The summed E-state index contributed by atoms with van der Waals surface area (Å²) < 4.78 is 0. The van der Waals surface area contributed by atoms with Gasteiger partial charge in [-0.25, -0.2) is 0 Å². The minimum Gasteiger partial charge on any atom is -0.197 e. The van der Waals surface area contributed by atoms with Gasteiger partial charge in [-0.15, -0.1) is 0 Å². The molecule has 0 bridgehead atoms. The Kier molecular flexibility index (Phi) is 132. The molecule has 0 aromatic heterocycles. The first-order chi connectivity index (χ1) is 0. The van der Waals surface area contributed by atoms with Crippen molar-refractivity contribution in [2.45, 2.75) is 0 Å². The van der Waals surface area contributed by atoms with E-state index in [1.54, 1.807) is 0 Å². The fraction of sp³-hybridized carbons (Fsp3) is 0. The average Bonchev–Trinajstić information content (AvgIpc) is 0. The summed E-state index contributed by atoms with van der Waals surface area (Å²) in [6, 6.07) is 0. The van der Waals surface area contributed by atoms with Gasteiger partial charge >= 0.3 is 0 Å². The van der Waals surface area contributed by atoms with E-state index in [1.165, 1.54) is 0 Å². The second-order valence-electron chi connectivity index (χ2n) is 0. The minimum absolute atomic E-state index is 0. The maximum atomic E-state index is 0. The van der Waals surface area contributed by atoms with E-state index < -0.39 is 0 Å². The first kappa shape index (κ1) is 30.3. The van der Waals surface area contributed by atoms with Gasteiger partial charge in [-0.05, 0) is 0 Å². The molecule has 4 heavy (non-hydrogen) atoms. The van der Waals surface area contributed by atoms with E-state index in [4.69, 9.17) is 0 Å². The van der Waals surface area contributed by atoms with Crippen LogP contribution in [0.4, 0.5) is 0 Å². The molecule has 0 aliphatic carbocycles. The van der Waals surface area contributed by atoms with Crippen LogP contribution in [-0.4, -0.2) is 0 Å². The number of hydrogen-bond donors (Lipinski definition) is 0. The van der Waals surface area contributed by atoms with Crippen molar-refractivity contribution >= 4 is 13.5 Å². The van der Waals surface area contributed by atoms with E-state index in [1.807, 2.05) is 0 Å². The molecular formula is H2AgCdSZn. The zero-order valence-corrected chi connectivity index (χ0v) is 11.7. The van der Waals surface area contributed by atoms with Gasteiger partial charge in [0.25, 0.3) is 0 Å². The molecule has 0 N–H and O–H groups in total. The van der Waals surface area contributed by atoms with Crippen LogP contribution in [0.5, 0.6) is 0 Å². The van der Waals surface area contributed by atoms with Gasteiger partial charge in [-0.3, -0.25) is 0 Å². The van der Waals surface area contributed by atoms with Crippen LogP contribution >= 0.6 is 13.5 Å². The summed E-state index contributed by atoms with van der Waals surface area (Å²) >= 11 is 0. The molecule has 0 aliphatic rings. The summed E-state index contributed by atoms with van der Waals surface area (Å²) in [7, 11) is 0. The molecule has 0 saturated heterocycles. The van der Waals surface area contributed by atoms with Crippen LogP contribution in [-0.2, 0) is 69.2 Å². The Balaban J connectivity index is 0. The molecule has 0 aliphatic heterocycles. The molecule has 0 amide bonds. The van der Waals surface area contributed by atoms with E-state index in [9.17, 15) is 0 Å². The first-order valence-electron chi connectivity index (χ1n) is 0. The predicted octanol–water partition coefficient (Wildman–Crippen LogP) is 0.105. The summed E-state index contributed by atoms with van der Waals surface area (Å²) in [6.45, 7) is 0. The van der Waals surface area contributed by atoms with Crippen molar-refractivity contribution in [3.05, 3.63) is 0 Å². The normalized spacial score (nSPS) is 0. The molecule has 0 heterocycles. The molecule has 0 nitrogen and oxygen atoms in total. The van der Waals surface area contributed by atoms with E-state index >= 15 is 0 Å². The molecule has 0 fully saturated rings. The monoisotopic (exact) mass is 319 g/mol. The Hall–Kier alpha value is 2.64. The van der Waals surface area contributed by atoms with Crippen LogP contribution in [0, 0.1) is 0 Å². The van der Waals surface area contributed by atoms with Crippen molar-refractivity contribution < 1.29 is 69.2 Å². The standard InChI is InChI=1S/Ag.Cd.H2S.Zn/h;;1H2;. The molecular weight excluding hydrogens is 318 g/mol. The van der Waals surface area contributed by atoms with Crippen molar-refractivity contribution in [3.63, 3.8) is 0 Å². The predicted molar refractivity (Wildman–Crippen MR) is 10.4 cm³/mol. The van der Waals surface area contributed by atoms with Gasteiger partial charge in [-0.2, -0.15) is 13.5 Å². The minimum atomic E-state index is 0. The Morgan fingerprint density at radius 1 is 1.00 bits per heavy atom. The molecule has 0 aromatic rings. The van der Waals surface area contributed by atoms with Crippen molar-refractivity contribution in [2.24, 2.45) is 0 Å². The Labute approximate surface area is 81.4 Å². The average molecular weight is 320 g/mol. The molecule has 0 spiro atoms. The third-order valence-corrected chi connectivity index (χ3v) is 0. The summed E-state index contributed by atoms with van der Waals surface area (Å²) in [6.07, 6.45) is 0. The number of hydrogen-bond acceptors (Lipinski definition) is 0. The third-order valence-electron chi connectivity index (χ3n) is 0. The van der Waals surface area contributed by atoms with Crippen molar-refractivity contribution in [2.75, 3.05) is 0 Å². The van der Waals surface area contributed by atoms with Crippen molar-refractivity contribution in [3.8, 4) is 0 Å². The number of rotatable bonds is 0. The quantitative estimate of drug-likeness (QED) is 0.556. The molecule has 0 aromatic carbocycles. The van der Waals surface area contributed by atoms with Gasteiger partial charge in [-0.1, -0.05) is 0 Å². The fourth-order valence-electron chi connectivity index (χ4n) is 0. The summed E-state index contributed by atoms with van der Waals surface area (Å²) in [4.78, 5) is 0. The second-order valence-corrected chi connectivity index (χ2v) is 0. The molecule has 0 rings (SSSR count). The van der Waals surface area contributed by atoms with Gasteiger partial charge < -0.3 is 0 Å². The summed E-state index contributed by atoms with van der Waals surface area (Å²) in [5.74, 6) is 0. The molecule has 0 unspecified atom stereocenters. The van der Waals surface area contributed by atoms with Crippen LogP contribution in [0.2, 0.25) is 0 Å². The van der Waals surface area contributed by atoms with Crippen LogP contribution in [0.1, 0.15) is 0 Å². The van der Waals surface area contributed by atoms with E-state index in [-0.39, 0.29) is 82.7 Å². The Morgan fingerprint density at radius 3 is 1.00 bits per heavy atom. The van der Waals surface area contributed by atoms with Gasteiger partial charge in [0, 0.05) is 69.2 Å². The Bertz CT molecular complexity index is 8.00. The van der Waals surface area contributed by atoms with E-state index in [0.29, 0.717) is 0 Å². The van der Waals surface area contributed by atoms with Gasteiger partial charge in [0.2, 0.25) is 0 Å². The van der Waals surface area contributed by atoms with Gasteiger partial charge in [0.05, 0.1) is 0 Å². The smallest absolute Gasteiger partial charge is 0 e. The summed E-state index contributed by atoms with van der Waals surface area (Å²) in [5.41, 5.74) is 0. The van der Waals surface area contributed by atoms with Crippen molar-refractivity contribution in [1.29, 1.82) is 0 Å². The zero-order valence-electron chi connectivity index (χ0n) is 2.22. The first-order valence-corrected chi connectivity index (χ1v) is 0. The molecule has 0 atom stereocenters. The van der Waals surface area contributed by atoms with Gasteiger partial charge in [0.15, 0.2) is 0 Å². The van der Waals surface area contributed by atoms with Crippen LogP contribution in [0.3, 0.4) is 0 Å². The van der Waals surface area contributed by atoms with Crippen LogP contribution in [0.15, 0.2) is 0 Å². The Morgan fingerprint density at radius 2 is 1.00 bits per heavy atom. The third kappa shape index (κ3) is 8.82. The van der Waals surface area contributed by atoms with E-state index in [0.717, 1.165) is 0 Å². The molecule has 1 radical (unpaired) electrons. The van der Waals surface area contributed by atoms with Crippen LogP contribution < -0.4 is 0 Å². The van der Waals surface area contributed by atoms with Gasteiger partial charge in [0.1, 0.15) is 0 Å². The fourth-order valence-corrected chi connectivity index (χ4v) is 0.